The second-order valence-electron chi connectivity index (χ2n) is 15.4. The van der Waals surface area contributed by atoms with Crippen LogP contribution in [0, 0.1) is 0 Å². The third kappa shape index (κ3) is 6.90. The first-order chi connectivity index (χ1) is 27.4. The Kier molecular flexibility index (Phi) is 11.4. The van der Waals surface area contributed by atoms with Crippen LogP contribution in [-0.4, -0.2) is 0 Å². The van der Waals surface area contributed by atoms with Crippen molar-refractivity contribution in [3.8, 4) is 22.3 Å². The van der Waals surface area contributed by atoms with Crippen molar-refractivity contribution in [1.82, 2.24) is 0 Å². The topological polar surface area (TPSA) is 3.24 Å². The number of hydrogen-bond donors (Lipinski definition) is 0. The highest BCUT2D eigenvalue weighted by Gasteiger charge is 2.40. The summed E-state index contributed by atoms with van der Waals surface area (Å²) in [5.41, 5.74) is 17.9. The van der Waals surface area contributed by atoms with Crippen LogP contribution in [0.2, 0.25) is 0 Å². The van der Waals surface area contributed by atoms with Gasteiger partial charge in [-0.2, -0.15) is 0 Å². The Hall–Kier alpha value is -5.66. The normalized spacial score (nSPS) is 16.6. The summed E-state index contributed by atoms with van der Waals surface area (Å²) in [4.78, 5) is 2.37. The molecule has 0 atom stereocenters. The fourth-order valence-corrected chi connectivity index (χ4v) is 9.61. The van der Waals surface area contributed by atoms with Gasteiger partial charge in [-0.05, 0) is 143 Å². The monoisotopic (exact) mass is 731 g/mol. The molecule has 2 aliphatic carbocycles. The standard InChI is InChI=1S/C55H57N/c1-8-14-27-46(9-2)56(48-33-34-50-49-29-18-19-30-51(49)55(12-5,13-6)53(50)39-48)47-28-21-26-45(38-47)44-25-20-23-41(36-44)35-42-31-32-43-24-17-15-16-22-40(7)54(10-3,11-4)52(43)37-42/h8-9,14-23,25-34,36-39H,2,7,10-13,24,35H2,1,3-6H3/b14-8-,17-15-,22-16-,46-27+. The van der Waals surface area contributed by atoms with Crippen molar-refractivity contribution >= 4 is 11.4 Å². The van der Waals surface area contributed by atoms with Gasteiger partial charge in [0.1, 0.15) is 0 Å². The highest BCUT2D eigenvalue weighted by molar-refractivity contribution is 5.85. The van der Waals surface area contributed by atoms with E-state index in [0.717, 1.165) is 55.6 Å². The zero-order valence-corrected chi connectivity index (χ0v) is 34.1. The molecule has 0 amide bonds. The Morgan fingerprint density at radius 2 is 1.36 bits per heavy atom. The van der Waals surface area contributed by atoms with Crippen molar-refractivity contribution in [3.63, 3.8) is 0 Å². The maximum Gasteiger partial charge on any atom is 0.0467 e. The van der Waals surface area contributed by atoms with Gasteiger partial charge in [-0.3, -0.25) is 0 Å². The largest absolute Gasteiger partial charge is 0.310 e. The highest BCUT2D eigenvalue weighted by atomic mass is 15.1. The second-order valence-corrected chi connectivity index (χ2v) is 15.4. The van der Waals surface area contributed by atoms with Crippen molar-refractivity contribution in [2.24, 2.45) is 0 Å². The fraction of sp³-hybridized carbons (Fsp3) is 0.236. The lowest BCUT2D eigenvalue weighted by Gasteiger charge is -2.35. The van der Waals surface area contributed by atoms with E-state index in [1.165, 1.54) is 61.2 Å². The molecule has 0 saturated carbocycles. The molecular formula is C55H57N. The molecule has 0 fully saturated rings. The van der Waals surface area contributed by atoms with Crippen LogP contribution >= 0.6 is 0 Å². The minimum absolute atomic E-state index is 0.0101. The average molecular weight is 732 g/mol. The van der Waals surface area contributed by atoms with Gasteiger partial charge in [-0.15, -0.1) is 0 Å². The third-order valence-corrected chi connectivity index (χ3v) is 12.8. The van der Waals surface area contributed by atoms with Crippen LogP contribution in [-0.2, 0) is 23.7 Å². The number of anilines is 2. The zero-order chi connectivity index (χ0) is 39.3. The summed E-state index contributed by atoms with van der Waals surface area (Å²) >= 11 is 0. The van der Waals surface area contributed by atoms with Crippen molar-refractivity contribution in [1.29, 1.82) is 0 Å². The quantitative estimate of drug-likeness (QED) is 0.116. The van der Waals surface area contributed by atoms with Crippen molar-refractivity contribution in [3.05, 3.63) is 216 Å². The Labute approximate surface area is 336 Å². The van der Waals surface area contributed by atoms with E-state index in [1.54, 1.807) is 0 Å². The molecule has 5 aromatic rings. The molecule has 2 aliphatic rings. The Morgan fingerprint density at radius 1 is 0.661 bits per heavy atom. The van der Waals surface area contributed by atoms with E-state index in [4.69, 9.17) is 0 Å². The van der Waals surface area contributed by atoms with Crippen LogP contribution in [0.4, 0.5) is 11.4 Å². The molecule has 5 aromatic carbocycles. The summed E-state index contributed by atoms with van der Waals surface area (Å²) in [5.74, 6) is 0. The van der Waals surface area contributed by atoms with Gasteiger partial charge in [0.25, 0.3) is 0 Å². The lowest BCUT2D eigenvalue weighted by atomic mass is 9.68. The van der Waals surface area contributed by atoms with E-state index in [-0.39, 0.29) is 10.8 Å². The minimum atomic E-state index is -0.0644. The highest BCUT2D eigenvalue weighted by Crippen LogP contribution is 2.54. The van der Waals surface area contributed by atoms with Crippen molar-refractivity contribution in [2.45, 2.75) is 84.0 Å². The van der Waals surface area contributed by atoms with E-state index in [2.05, 4.69) is 204 Å². The Bertz CT molecular complexity index is 2370. The van der Waals surface area contributed by atoms with Gasteiger partial charge in [0.05, 0.1) is 0 Å². The average Bonchev–Trinajstić information content (AvgIpc) is 3.55. The third-order valence-electron chi connectivity index (χ3n) is 12.8. The predicted octanol–water partition coefficient (Wildman–Crippen LogP) is 15.1. The van der Waals surface area contributed by atoms with Gasteiger partial charge in [0.2, 0.25) is 0 Å². The van der Waals surface area contributed by atoms with Gasteiger partial charge in [0.15, 0.2) is 0 Å². The number of nitrogens with zero attached hydrogens (tertiary/aromatic N) is 1. The molecule has 0 saturated heterocycles. The van der Waals surface area contributed by atoms with Crippen LogP contribution in [0.5, 0.6) is 0 Å². The molecular weight excluding hydrogens is 675 g/mol. The van der Waals surface area contributed by atoms with Crippen LogP contribution in [0.1, 0.15) is 93.7 Å². The van der Waals surface area contributed by atoms with Gasteiger partial charge >= 0.3 is 0 Å². The summed E-state index contributed by atoms with van der Waals surface area (Å²) in [5, 5.41) is 0. The number of allylic oxidation sites excluding steroid dienone is 9. The summed E-state index contributed by atoms with van der Waals surface area (Å²) in [6.45, 7) is 20.2. The van der Waals surface area contributed by atoms with Crippen LogP contribution in [0.3, 0.4) is 0 Å². The maximum absolute atomic E-state index is 4.58. The molecule has 0 spiro atoms. The molecule has 0 bridgehead atoms. The molecule has 0 aromatic heterocycles. The second kappa shape index (κ2) is 16.6. The van der Waals surface area contributed by atoms with Crippen molar-refractivity contribution in [2.75, 3.05) is 4.90 Å². The molecule has 56 heavy (non-hydrogen) atoms. The molecule has 0 radical (unpaired) electrons. The molecule has 0 unspecified atom stereocenters. The van der Waals surface area contributed by atoms with Gasteiger partial charge in [-0.1, -0.05) is 162 Å². The van der Waals surface area contributed by atoms with Crippen LogP contribution in [0.25, 0.3) is 22.3 Å². The smallest absolute Gasteiger partial charge is 0.0467 e. The van der Waals surface area contributed by atoms with Gasteiger partial charge < -0.3 is 4.90 Å². The van der Waals surface area contributed by atoms with Crippen LogP contribution in [0.15, 0.2) is 182 Å². The minimum Gasteiger partial charge on any atom is -0.310 e. The number of fused-ring (bicyclic) bond motifs is 4. The molecule has 7 rings (SSSR count). The van der Waals surface area contributed by atoms with E-state index < -0.39 is 0 Å². The predicted molar refractivity (Wildman–Crippen MR) is 243 cm³/mol. The molecule has 0 N–H and O–H groups in total. The maximum atomic E-state index is 4.58. The van der Waals surface area contributed by atoms with Crippen molar-refractivity contribution < 1.29 is 0 Å². The van der Waals surface area contributed by atoms with Gasteiger partial charge in [-0.25, -0.2) is 0 Å². The molecule has 0 aliphatic heterocycles. The summed E-state index contributed by atoms with van der Waals surface area (Å²) in [7, 11) is 0. The number of rotatable bonds is 12. The lowest BCUT2D eigenvalue weighted by Crippen LogP contribution is -2.27. The van der Waals surface area contributed by atoms with Crippen LogP contribution < -0.4 is 4.90 Å². The summed E-state index contributed by atoms with van der Waals surface area (Å²) in [6.07, 6.45) is 23.1. The number of hydrogen-bond acceptors (Lipinski definition) is 1. The van der Waals surface area contributed by atoms with E-state index in [9.17, 15) is 0 Å². The Balaban J connectivity index is 1.27. The lowest BCUT2D eigenvalue weighted by molar-refractivity contribution is 0.475. The first-order valence-electron chi connectivity index (χ1n) is 20.7. The van der Waals surface area contributed by atoms with E-state index >= 15 is 0 Å². The van der Waals surface area contributed by atoms with E-state index in [0.29, 0.717) is 0 Å². The van der Waals surface area contributed by atoms with E-state index in [1.807, 2.05) is 6.08 Å². The van der Waals surface area contributed by atoms with Gasteiger partial charge in [0, 0.05) is 27.9 Å². The molecule has 0 heterocycles. The zero-order valence-electron chi connectivity index (χ0n) is 34.1. The SMILES string of the molecule is C=C/C(=C\C=C/C)N(c1cccc(-c2cccc(Cc3ccc4c(c3)C(CC)(CC)C(=C)/C=C\C=C/C4)c2)c1)c1ccc2c(c1)C(CC)(CC)c1ccccc1-2. The first-order valence-corrected chi connectivity index (χ1v) is 20.7. The summed E-state index contributed by atoms with van der Waals surface area (Å²) < 4.78 is 0. The fourth-order valence-electron chi connectivity index (χ4n) is 9.61. The number of benzene rings is 5. The molecule has 282 valence electrons. The Morgan fingerprint density at radius 3 is 2.11 bits per heavy atom. The first kappa shape index (κ1) is 38.6. The molecule has 1 heteroatoms. The molecule has 1 nitrogen and oxygen atoms in total. The summed E-state index contributed by atoms with van der Waals surface area (Å²) in [6, 6.07) is 41.3.